The van der Waals surface area contributed by atoms with Crippen LogP contribution < -0.4 is 5.32 Å². The number of nitrogens with zero attached hydrogens (tertiary/aromatic N) is 1. The molecule has 10 heteroatoms. The van der Waals surface area contributed by atoms with E-state index in [1.54, 1.807) is 0 Å². The normalized spacial score (nSPS) is 16.4. The van der Waals surface area contributed by atoms with Crippen LogP contribution in [0.5, 0.6) is 0 Å². The highest BCUT2D eigenvalue weighted by atomic mass is 35.5. The number of nitrogens with one attached hydrogen (secondary N) is 1. The van der Waals surface area contributed by atoms with Crippen LogP contribution in [0.4, 0.5) is 18.9 Å². The van der Waals surface area contributed by atoms with E-state index in [9.17, 15) is 26.4 Å². The molecule has 0 saturated carbocycles. The molecule has 1 saturated heterocycles. The van der Waals surface area contributed by atoms with Crippen LogP contribution in [0.15, 0.2) is 47.4 Å². The first-order valence-corrected chi connectivity index (χ1v) is 11.0. The molecule has 0 atom stereocenters. The van der Waals surface area contributed by atoms with Crippen molar-refractivity contribution in [3.63, 3.8) is 0 Å². The van der Waals surface area contributed by atoms with E-state index in [1.807, 2.05) is 0 Å². The molecule has 1 aliphatic rings. The van der Waals surface area contributed by atoms with Gasteiger partial charge in [-0.3, -0.25) is 4.79 Å². The maximum atomic E-state index is 13.1. The minimum atomic E-state index is -4.51. The second-order valence-corrected chi connectivity index (χ2v) is 9.52. The van der Waals surface area contributed by atoms with Crippen molar-refractivity contribution in [3.05, 3.63) is 58.6 Å². The third-order valence-electron chi connectivity index (χ3n) is 5.09. The number of halogens is 4. The van der Waals surface area contributed by atoms with Gasteiger partial charge in [-0.2, -0.15) is 17.5 Å². The molecule has 2 aromatic carbocycles. The standard InChI is InChI=1S/C20H20ClF3N2O3S/c1-13-2-5-16(12-18(13)20(22,23)24)25-19(27)14-8-10-26(11-9-14)30(28,29)17-6-3-15(21)4-7-17/h2-7,12,14H,8-11H2,1H3,(H,25,27). The summed E-state index contributed by atoms with van der Waals surface area (Å²) in [5.41, 5.74) is -0.667. The number of carbonyl (C=O) groups excluding carboxylic acids is 1. The number of anilines is 1. The maximum Gasteiger partial charge on any atom is 0.416 e. The highest BCUT2D eigenvalue weighted by molar-refractivity contribution is 7.89. The Kier molecular flexibility index (Phi) is 6.45. The monoisotopic (exact) mass is 460 g/mol. The first kappa shape index (κ1) is 22.6. The molecule has 1 N–H and O–H groups in total. The maximum absolute atomic E-state index is 13.1. The fraction of sp³-hybridized carbons (Fsp3) is 0.350. The van der Waals surface area contributed by atoms with Gasteiger partial charge in [0.1, 0.15) is 0 Å². The highest BCUT2D eigenvalue weighted by Gasteiger charge is 2.34. The number of sulfonamides is 1. The Hall–Kier alpha value is -2.10. The number of amides is 1. The molecule has 162 valence electrons. The molecule has 0 radical (unpaired) electrons. The molecule has 0 aromatic heterocycles. The van der Waals surface area contributed by atoms with Crippen LogP contribution in [0.3, 0.4) is 0 Å². The van der Waals surface area contributed by atoms with Crippen LogP contribution >= 0.6 is 11.6 Å². The van der Waals surface area contributed by atoms with Crippen molar-refractivity contribution < 1.29 is 26.4 Å². The number of rotatable bonds is 4. The second-order valence-electron chi connectivity index (χ2n) is 7.15. The van der Waals surface area contributed by atoms with E-state index in [2.05, 4.69) is 5.32 Å². The average Bonchev–Trinajstić information content (AvgIpc) is 2.69. The fourth-order valence-corrected chi connectivity index (χ4v) is 4.96. The average molecular weight is 461 g/mol. The lowest BCUT2D eigenvalue weighted by molar-refractivity contribution is -0.138. The zero-order valence-corrected chi connectivity index (χ0v) is 17.6. The molecule has 1 fully saturated rings. The Morgan fingerprint density at radius 2 is 1.70 bits per heavy atom. The highest BCUT2D eigenvalue weighted by Crippen LogP contribution is 2.34. The zero-order chi connectivity index (χ0) is 22.1. The minimum Gasteiger partial charge on any atom is -0.326 e. The van der Waals surface area contributed by atoms with Crippen molar-refractivity contribution >= 4 is 33.2 Å². The lowest BCUT2D eigenvalue weighted by atomic mass is 9.97. The summed E-state index contributed by atoms with van der Waals surface area (Å²) >= 11 is 5.80. The first-order chi connectivity index (χ1) is 14.0. The molecule has 1 heterocycles. The van der Waals surface area contributed by atoms with Crippen molar-refractivity contribution in [2.45, 2.75) is 30.8 Å². The van der Waals surface area contributed by atoms with Gasteiger partial charge in [0.15, 0.2) is 0 Å². The van der Waals surface area contributed by atoms with E-state index in [0.717, 1.165) is 6.07 Å². The van der Waals surface area contributed by atoms with E-state index in [0.29, 0.717) is 5.02 Å². The van der Waals surface area contributed by atoms with Crippen LogP contribution in [0.25, 0.3) is 0 Å². The molecular formula is C20H20ClF3N2O3S. The Morgan fingerprint density at radius 3 is 2.27 bits per heavy atom. The summed E-state index contributed by atoms with van der Waals surface area (Å²) < 4.78 is 65.9. The summed E-state index contributed by atoms with van der Waals surface area (Å²) in [6, 6.07) is 9.46. The summed E-state index contributed by atoms with van der Waals surface area (Å²) in [5.74, 6) is -0.909. The first-order valence-electron chi connectivity index (χ1n) is 9.23. The second kappa shape index (κ2) is 8.56. The quantitative estimate of drug-likeness (QED) is 0.718. The summed E-state index contributed by atoms with van der Waals surface area (Å²) in [7, 11) is -3.70. The Morgan fingerprint density at radius 1 is 1.10 bits per heavy atom. The molecule has 1 aliphatic heterocycles. The largest absolute Gasteiger partial charge is 0.416 e. The van der Waals surface area contributed by atoms with Gasteiger partial charge in [-0.15, -0.1) is 0 Å². The van der Waals surface area contributed by atoms with Gasteiger partial charge in [-0.25, -0.2) is 8.42 Å². The van der Waals surface area contributed by atoms with E-state index in [1.165, 1.54) is 47.6 Å². The summed E-state index contributed by atoms with van der Waals surface area (Å²) in [6.07, 6.45) is -3.96. The summed E-state index contributed by atoms with van der Waals surface area (Å²) in [6.45, 7) is 1.64. The van der Waals surface area contributed by atoms with Crippen LogP contribution in [0, 0.1) is 12.8 Å². The van der Waals surface area contributed by atoms with E-state index in [-0.39, 0.29) is 42.1 Å². The van der Waals surface area contributed by atoms with Gasteiger partial charge < -0.3 is 5.32 Å². The predicted molar refractivity (Wildman–Crippen MR) is 108 cm³/mol. The predicted octanol–water partition coefficient (Wildman–Crippen LogP) is 4.71. The van der Waals surface area contributed by atoms with Gasteiger partial charge in [0, 0.05) is 29.7 Å². The van der Waals surface area contributed by atoms with Crippen molar-refractivity contribution in [1.29, 1.82) is 0 Å². The van der Waals surface area contributed by atoms with Gasteiger partial charge in [-0.05, 0) is 61.7 Å². The van der Waals surface area contributed by atoms with E-state index in [4.69, 9.17) is 11.6 Å². The third-order valence-corrected chi connectivity index (χ3v) is 7.25. The lowest BCUT2D eigenvalue weighted by Crippen LogP contribution is -2.41. The molecule has 1 amide bonds. The number of aryl methyl sites for hydroxylation is 1. The SMILES string of the molecule is Cc1ccc(NC(=O)C2CCN(S(=O)(=O)c3ccc(Cl)cc3)CC2)cc1C(F)(F)F. The summed E-state index contributed by atoms with van der Waals surface area (Å²) in [4.78, 5) is 12.6. The van der Waals surface area contributed by atoms with Crippen molar-refractivity contribution in [2.24, 2.45) is 5.92 Å². The molecule has 0 spiro atoms. The molecule has 0 unspecified atom stereocenters. The summed E-state index contributed by atoms with van der Waals surface area (Å²) in [5, 5.41) is 2.95. The minimum absolute atomic E-state index is 0.0640. The Bertz CT molecular complexity index is 1030. The smallest absolute Gasteiger partial charge is 0.326 e. The third kappa shape index (κ3) is 4.96. The zero-order valence-electron chi connectivity index (χ0n) is 16.0. The number of hydrogen-bond donors (Lipinski definition) is 1. The molecule has 30 heavy (non-hydrogen) atoms. The number of carbonyl (C=O) groups is 1. The van der Waals surface area contributed by atoms with Gasteiger partial charge in [0.25, 0.3) is 0 Å². The van der Waals surface area contributed by atoms with Crippen molar-refractivity contribution in [3.8, 4) is 0 Å². The lowest BCUT2D eigenvalue weighted by Gasteiger charge is -2.30. The molecule has 3 rings (SSSR count). The number of hydrogen-bond acceptors (Lipinski definition) is 3. The van der Waals surface area contributed by atoms with Crippen LogP contribution in [-0.4, -0.2) is 31.7 Å². The van der Waals surface area contributed by atoms with Gasteiger partial charge >= 0.3 is 6.18 Å². The van der Waals surface area contributed by atoms with Crippen LogP contribution in [0.2, 0.25) is 5.02 Å². The van der Waals surface area contributed by atoms with Crippen molar-refractivity contribution in [1.82, 2.24) is 4.31 Å². The van der Waals surface area contributed by atoms with Gasteiger partial charge in [0.2, 0.25) is 15.9 Å². The van der Waals surface area contributed by atoms with E-state index >= 15 is 0 Å². The van der Waals surface area contributed by atoms with E-state index < -0.39 is 33.6 Å². The van der Waals surface area contributed by atoms with Gasteiger partial charge in [0.05, 0.1) is 10.5 Å². The molecule has 0 aliphatic carbocycles. The van der Waals surface area contributed by atoms with Crippen LogP contribution in [0.1, 0.15) is 24.0 Å². The molecule has 5 nitrogen and oxygen atoms in total. The molecular weight excluding hydrogens is 441 g/mol. The van der Waals surface area contributed by atoms with Crippen molar-refractivity contribution in [2.75, 3.05) is 18.4 Å². The molecule has 0 bridgehead atoms. The number of benzene rings is 2. The Balaban J connectivity index is 1.64. The number of alkyl halides is 3. The number of piperidine rings is 1. The topological polar surface area (TPSA) is 66.5 Å². The molecule has 2 aromatic rings. The Labute approximate surface area is 177 Å². The fourth-order valence-electron chi connectivity index (χ4n) is 3.36. The van der Waals surface area contributed by atoms with Gasteiger partial charge in [-0.1, -0.05) is 17.7 Å². The van der Waals surface area contributed by atoms with Crippen LogP contribution in [-0.2, 0) is 21.0 Å².